The molecule has 23 heavy (non-hydrogen) atoms. The number of carbonyl (C=O) groups excluding carboxylic acids is 2. The molecule has 2 amide bonds. The number of nitrogens with two attached hydrogens (primary N) is 1. The van der Waals surface area contributed by atoms with E-state index in [0.717, 1.165) is 0 Å². The first-order valence-electron chi connectivity index (χ1n) is 6.79. The Labute approximate surface area is 132 Å². The highest BCUT2D eigenvalue weighted by molar-refractivity contribution is 6.02. The van der Waals surface area contributed by atoms with Gasteiger partial charge < -0.3 is 15.8 Å². The predicted molar refractivity (Wildman–Crippen MR) is 85.2 cm³/mol. The molecule has 0 saturated carbocycles. The van der Waals surface area contributed by atoms with E-state index in [9.17, 15) is 14.0 Å². The summed E-state index contributed by atoms with van der Waals surface area (Å²) in [5.41, 5.74) is 6.22. The highest BCUT2D eigenvalue weighted by atomic mass is 19.1. The molecular weight excluding hydrogens is 299 g/mol. The van der Waals surface area contributed by atoms with Gasteiger partial charge in [-0.05, 0) is 35.9 Å². The van der Waals surface area contributed by atoms with E-state index in [-0.39, 0.29) is 18.3 Å². The lowest BCUT2D eigenvalue weighted by Crippen LogP contribution is -2.20. The molecule has 0 atom stereocenters. The maximum absolute atomic E-state index is 12.8. The third-order valence-corrected chi connectivity index (χ3v) is 2.78. The zero-order valence-corrected chi connectivity index (χ0v) is 12.2. The molecule has 2 rings (SSSR count). The topological polar surface area (TPSA) is 81.4 Å². The fraction of sp³-hybridized carbons (Fsp3) is 0.0588. The first-order chi connectivity index (χ1) is 11.0. The zero-order chi connectivity index (χ0) is 16.7. The number of rotatable bonds is 6. The van der Waals surface area contributed by atoms with Crippen LogP contribution in [0.1, 0.15) is 5.56 Å². The van der Waals surface area contributed by atoms with E-state index >= 15 is 0 Å². The largest absolute Gasteiger partial charge is 0.484 e. The molecule has 0 aliphatic carbocycles. The van der Waals surface area contributed by atoms with Crippen molar-refractivity contribution in [2.24, 2.45) is 5.73 Å². The molecule has 0 spiro atoms. The normalized spacial score (nSPS) is 10.5. The average molecular weight is 314 g/mol. The smallest absolute Gasteiger partial charge is 0.255 e. The van der Waals surface area contributed by atoms with E-state index in [1.165, 1.54) is 18.2 Å². The summed E-state index contributed by atoms with van der Waals surface area (Å²) in [7, 11) is 0. The summed E-state index contributed by atoms with van der Waals surface area (Å²) in [5, 5.41) is 2.66. The Morgan fingerprint density at radius 2 is 1.91 bits per heavy atom. The first kappa shape index (κ1) is 16.2. The molecule has 6 heteroatoms. The van der Waals surface area contributed by atoms with Crippen molar-refractivity contribution in [1.29, 1.82) is 0 Å². The van der Waals surface area contributed by atoms with Gasteiger partial charge in [-0.3, -0.25) is 9.59 Å². The van der Waals surface area contributed by atoms with Crippen LogP contribution in [0.15, 0.2) is 54.6 Å². The highest BCUT2D eigenvalue weighted by Gasteiger charge is 2.02. The molecule has 3 N–H and O–H groups in total. The summed E-state index contributed by atoms with van der Waals surface area (Å²) < 4.78 is 17.9. The Morgan fingerprint density at radius 3 is 2.61 bits per heavy atom. The Balaban J connectivity index is 1.95. The van der Waals surface area contributed by atoms with Gasteiger partial charge >= 0.3 is 0 Å². The third-order valence-electron chi connectivity index (χ3n) is 2.78. The number of nitrogens with one attached hydrogen (secondary N) is 1. The lowest BCUT2D eigenvalue weighted by atomic mass is 10.2. The van der Waals surface area contributed by atoms with Crippen molar-refractivity contribution in [2.45, 2.75) is 0 Å². The molecule has 0 heterocycles. The standard InChI is InChI=1S/C17H15FN2O3/c18-13-7-4-12(5-8-13)6-9-17(22)20-14-2-1-3-15(10-14)23-11-16(19)21/h1-10H,11H2,(H2,19,21)(H,20,22). The van der Waals surface area contributed by atoms with E-state index in [1.807, 2.05) is 0 Å². The third kappa shape index (κ3) is 5.62. The van der Waals surface area contributed by atoms with Crippen molar-refractivity contribution in [2.75, 3.05) is 11.9 Å². The minimum atomic E-state index is -0.582. The minimum absolute atomic E-state index is 0.234. The molecule has 0 fully saturated rings. The second-order valence-corrected chi connectivity index (χ2v) is 4.66. The van der Waals surface area contributed by atoms with Crippen LogP contribution in [-0.2, 0) is 9.59 Å². The number of hydrogen-bond acceptors (Lipinski definition) is 3. The highest BCUT2D eigenvalue weighted by Crippen LogP contribution is 2.17. The fourth-order valence-corrected chi connectivity index (χ4v) is 1.75. The lowest BCUT2D eigenvalue weighted by Gasteiger charge is -2.06. The van der Waals surface area contributed by atoms with Crippen LogP contribution in [0.4, 0.5) is 10.1 Å². The van der Waals surface area contributed by atoms with Crippen molar-refractivity contribution in [3.63, 3.8) is 0 Å². The summed E-state index contributed by atoms with van der Waals surface area (Å²) in [4.78, 5) is 22.5. The van der Waals surface area contributed by atoms with Crippen LogP contribution in [0.5, 0.6) is 5.75 Å². The number of primary amides is 1. The summed E-state index contributed by atoms with van der Waals surface area (Å²) in [6.45, 7) is -0.234. The lowest BCUT2D eigenvalue weighted by molar-refractivity contribution is -0.120. The van der Waals surface area contributed by atoms with Crippen LogP contribution in [0, 0.1) is 5.82 Å². The summed E-state index contributed by atoms with van der Waals surface area (Å²) in [5.74, 6) is -0.841. The van der Waals surface area contributed by atoms with Crippen molar-refractivity contribution >= 4 is 23.6 Å². The second-order valence-electron chi connectivity index (χ2n) is 4.66. The molecule has 2 aromatic carbocycles. The molecule has 0 saturated heterocycles. The molecule has 0 bridgehead atoms. The van der Waals surface area contributed by atoms with Gasteiger partial charge in [-0.2, -0.15) is 0 Å². The number of amides is 2. The second kappa shape index (κ2) is 7.74. The molecule has 0 aliphatic heterocycles. The monoisotopic (exact) mass is 314 g/mol. The van der Waals surface area contributed by atoms with Gasteiger partial charge in [0.05, 0.1) is 0 Å². The van der Waals surface area contributed by atoms with Crippen molar-refractivity contribution < 1.29 is 18.7 Å². The molecular formula is C17H15FN2O3. The molecule has 2 aromatic rings. The fourth-order valence-electron chi connectivity index (χ4n) is 1.75. The Hall–Kier alpha value is -3.15. The van der Waals surface area contributed by atoms with Gasteiger partial charge in [0.25, 0.3) is 5.91 Å². The van der Waals surface area contributed by atoms with Gasteiger partial charge in [-0.1, -0.05) is 18.2 Å². The average Bonchev–Trinajstić information content (AvgIpc) is 2.53. The Bertz CT molecular complexity index is 727. The van der Waals surface area contributed by atoms with Gasteiger partial charge in [-0.25, -0.2) is 4.39 Å². The Morgan fingerprint density at radius 1 is 1.17 bits per heavy atom. The SMILES string of the molecule is NC(=O)COc1cccc(NC(=O)C=Cc2ccc(F)cc2)c1. The van der Waals surface area contributed by atoms with Gasteiger partial charge in [0.15, 0.2) is 6.61 Å². The number of halogens is 1. The Kier molecular flexibility index (Phi) is 5.46. The van der Waals surface area contributed by atoms with Crippen LogP contribution in [0.2, 0.25) is 0 Å². The quantitative estimate of drug-likeness (QED) is 0.803. The maximum Gasteiger partial charge on any atom is 0.255 e. The summed E-state index contributed by atoms with van der Waals surface area (Å²) in [6.07, 6.45) is 2.91. The maximum atomic E-state index is 12.8. The van der Waals surface area contributed by atoms with Gasteiger partial charge in [0.2, 0.25) is 5.91 Å². The van der Waals surface area contributed by atoms with Crippen LogP contribution in [0.25, 0.3) is 6.08 Å². The molecule has 0 unspecified atom stereocenters. The van der Waals surface area contributed by atoms with E-state index in [4.69, 9.17) is 10.5 Å². The van der Waals surface area contributed by atoms with Crippen molar-refractivity contribution in [1.82, 2.24) is 0 Å². The van der Waals surface area contributed by atoms with Crippen LogP contribution < -0.4 is 15.8 Å². The zero-order valence-electron chi connectivity index (χ0n) is 12.2. The molecule has 0 aliphatic rings. The number of benzene rings is 2. The van der Waals surface area contributed by atoms with E-state index in [2.05, 4.69) is 5.32 Å². The number of ether oxygens (including phenoxy) is 1. The summed E-state index contributed by atoms with van der Waals surface area (Å²) >= 11 is 0. The van der Waals surface area contributed by atoms with Crippen LogP contribution in [-0.4, -0.2) is 18.4 Å². The van der Waals surface area contributed by atoms with Crippen LogP contribution in [0.3, 0.4) is 0 Å². The minimum Gasteiger partial charge on any atom is -0.484 e. The van der Waals surface area contributed by atoms with Crippen molar-refractivity contribution in [3.8, 4) is 5.75 Å². The van der Waals surface area contributed by atoms with E-state index < -0.39 is 5.91 Å². The molecule has 0 aromatic heterocycles. The summed E-state index contributed by atoms with van der Waals surface area (Å²) in [6, 6.07) is 12.3. The first-order valence-corrected chi connectivity index (χ1v) is 6.79. The number of hydrogen-bond donors (Lipinski definition) is 2. The van der Waals surface area contributed by atoms with Crippen molar-refractivity contribution in [3.05, 3.63) is 66.0 Å². The number of anilines is 1. The van der Waals surface area contributed by atoms with E-state index in [1.54, 1.807) is 42.5 Å². The molecule has 5 nitrogen and oxygen atoms in total. The van der Waals surface area contributed by atoms with Gasteiger partial charge in [-0.15, -0.1) is 0 Å². The predicted octanol–water partition coefficient (Wildman–Crippen LogP) is 2.34. The molecule has 0 radical (unpaired) electrons. The molecule has 118 valence electrons. The number of carbonyl (C=O) groups is 2. The van der Waals surface area contributed by atoms with Gasteiger partial charge in [0, 0.05) is 17.8 Å². The van der Waals surface area contributed by atoms with Gasteiger partial charge in [0.1, 0.15) is 11.6 Å². The van der Waals surface area contributed by atoms with E-state index in [0.29, 0.717) is 17.0 Å². The van der Waals surface area contributed by atoms with Crippen LogP contribution >= 0.6 is 0 Å².